The van der Waals surface area contributed by atoms with Crippen LogP contribution < -0.4 is 0 Å². The maximum absolute atomic E-state index is 11.3. The molecule has 1 atom stereocenters. The van der Waals surface area contributed by atoms with Gasteiger partial charge < -0.3 is 9.64 Å². The van der Waals surface area contributed by atoms with E-state index in [2.05, 4.69) is 11.8 Å². The van der Waals surface area contributed by atoms with Crippen LogP contribution in [0.2, 0.25) is 0 Å². The van der Waals surface area contributed by atoms with Crippen molar-refractivity contribution < 1.29 is 9.53 Å². The lowest BCUT2D eigenvalue weighted by molar-refractivity contribution is -0.144. The molecule has 0 spiro atoms. The van der Waals surface area contributed by atoms with E-state index in [0.717, 1.165) is 13.1 Å². The SMILES string of the molecule is CCOC(=O)CC1CCCN(CC)C1. The van der Waals surface area contributed by atoms with Crippen molar-refractivity contribution in [3.63, 3.8) is 0 Å². The van der Waals surface area contributed by atoms with E-state index >= 15 is 0 Å². The third-order valence-corrected chi connectivity index (χ3v) is 2.81. The van der Waals surface area contributed by atoms with E-state index in [-0.39, 0.29) is 5.97 Å². The molecule has 0 radical (unpaired) electrons. The summed E-state index contributed by atoms with van der Waals surface area (Å²) in [6.45, 7) is 7.89. The van der Waals surface area contributed by atoms with E-state index < -0.39 is 0 Å². The van der Waals surface area contributed by atoms with Crippen molar-refractivity contribution in [2.45, 2.75) is 33.1 Å². The summed E-state index contributed by atoms with van der Waals surface area (Å²) in [4.78, 5) is 13.7. The van der Waals surface area contributed by atoms with Gasteiger partial charge in [-0.05, 0) is 38.8 Å². The van der Waals surface area contributed by atoms with Gasteiger partial charge in [-0.2, -0.15) is 0 Å². The molecule has 3 nitrogen and oxygen atoms in total. The minimum absolute atomic E-state index is 0.0320. The molecule has 1 unspecified atom stereocenters. The lowest BCUT2D eigenvalue weighted by Gasteiger charge is -2.31. The lowest BCUT2D eigenvalue weighted by Crippen LogP contribution is -2.36. The quantitative estimate of drug-likeness (QED) is 0.645. The molecule has 0 N–H and O–H groups in total. The van der Waals surface area contributed by atoms with E-state index in [9.17, 15) is 4.79 Å². The molecule has 0 saturated carbocycles. The molecule has 0 aromatic rings. The summed E-state index contributed by atoms with van der Waals surface area (Å²) in [5.74, 6) is 0.484. The summed E-state index contributed by atoms with van der Waals surface area (Å²) in [5.41, 5.74) is 0. The normalized spacial score (nSPS) is 23.4. The molecule has 1 rings (SSSR count). The average Bonchev–Trinajstić information content (AvgIpc) is 2.18. The zero-order valence-corrected chi connectivity index (χ0v) is 9.29. The highest BCUT2D eigenvalue weighted by molar-refractivity contribution is 5.69. The van der Waals surface area contributed by atoms with Crippen LogP contribution in [-0.2, 0) is 9.53 Å². The summed E-state index contributed by atoms with van der Waals surface area (Å²) >= 11 is 0. The van der Waals surface area contributed by atoms with Crippen LogP contribution in [-0.4, -0.2) is 37.1 Å². The minimum atomic E-state index is -0.0320. The zero-order valence-electron chi connectivity index (χ0n) is 9.29. The highest BCUT2D eigenvalue weighted by Crippen LogP contribution is 2.19. The van der Waals surface area contributed by atoms with Crippen molar-refractivity contribution in [3.8, 4) is 0 Å². The molecule has 1 aliphatic heterocycles. The number of nitrogens with zero attached hydrogens (tertiary/aromatic N) is 1. The summed E-state index contributed by atoms with van der Waals surface area (Å²) in [5, 5.41) is 0. The molecule has 0 aromatic heterocycles. The fraction of sp³-hybridized carbons (Fsp3) is 0.909. The number of esters is 1. The van der Waals surface area contributed by atoms with Gasteiger partial charge in [-0.15, -0.1) is 0 Å². The van der Waals surface area contributed by atoms with Crippen molar-refractivity contribution in [3.05, 3.63) is 0 Å². The fourth-order valence-electron chi connectivity index (χ4n) is 2.06. The molecule has 0 aliphatic carbocycles. The lowest BCUT2D eigenvalue weighted by atomic mass is 9.95. The third kappa shape index (κ3) is 3.66. The molecule has 0 bridgehead atoms. The molecular weight excluding hydrogens is 178 g/mol. The van der Waals surface area contributed by atoms with Crippen LogP contribution in [0.1, 0.15) is 33.1 Å². The Bertz CT molecular complexity index is 182. The van der Waals surface area contributed by atoms with Gasteiger partial charge in [-0.25, -0.2) is 0 Å². The fourth-order valence-corrected chi connectivity index (χ4v) is 2.06. The number of likely N-dealkylation sites (tertiary alicyclic amines) is 1. The smallest absolute Gasteiger partial charge is 0.306 e. The number of rotatable bonds is 4. The highest BCUT2D eigenvalue weighted by Gasteiger charge is 2.21. The van der Waals surface area contributed by atoms with Crippen LogP contribution >= 0.6 is 0 Å². The third-order valence-electron chi connectivity index (χ3n) is 2.81. The van der Waals surface area contributed by atoms with Crippen molar-refractivity contribution >= 4 is 5.97 Å². The molecule has 0 amide bonds. The van der Waals surface area contributed by atoms with Gasteiger partial charge in [0.2, 0.25) is 0 Å². The molecule has 1 aliphatic rings. The minimum Gasteiger partial charge on any atom is -0.466 e. The standard InChI is InChI=1S/C11H21NO2/c1-3-12-7-5-6-10(9-12)8-11(13)14-4-2/h10H,3-9H2,1-2H3. The first-order valence-electron chi connectivity index (χ1n) is 5.64. The first-order chi connectivity index (χ1) is 6.76. The van der Waals surface area contributed by atoms with Gasteiger partial charge in [0, 0.05) is 13.0 Å². The molecule has 1 saturated heterocycles. The van der Waals surface area contributed by atoms with Gasteiger partial charge >= 0.3 is 5.97 Å². The van der Waals surface area contributed by atoms with Crippen molar-refractivity contribution in [1.82, 2.24) is 4.90 Å². The van der Waals surface area contributed by atoms with Crippen LogP contribution in [0, 0.1) is 5.92 Å². The Morgan fingerprint density at radius 3 is 2.93 bits per heavy atom. The monoisotopic (exact) mass is 199 g/mol. The van der Waals surface area contributed by atoms with Crippen LogP contribution in [0.5, 0.6) is 0 Å². The molecule has 14 heavy (non-hydrogen) atoms. The highest BCUT2D eigenvalue weighted by atomic mass is 16.5. The molecule has 1 fully saturated rings. The summed E-state index contributed by atoms with van der Waals surface area (Å²) < 4.78 is 4.96. The van der Waals surface area contributed by atoms with Crippen LogP contribution in [0.15, 0.2) is 0 Å². The predicted molar refractivity (Wildman–Crippen MR) is 56.1 cm³/mol. The Labute approximate surface area is 86.4 Å². The first-order valence-corrected chi connectivity index (χ1v) is 5.64. The predicted octanol–water partition coefficient (Wildman–Crippen LogP) is 1.67. The number of hydrogen-bond acceptors (Lipinski definition) is 3. The molecule has 3 heteroatoms. The second-order valence-electron chi connectivity index (χ2n) is 3.91. The van der Waals surface area contributed by atoms with Gasteiger partial charge in [0.25, 0.3) is 0 Å². The Kier molecular flexibility index (Phi) is 4.94. The largest absolute Gasteiger partial charge is 0.466 e. The van der Waals surface area contributed by atoms with Crippen molar-refractivity contribution in [2.75, 3.05) is 26.2 Å². The Morgan fingerprint density at radius 2 is 2.29 bits per heavy atom. The van der Waals surface area contributed by atoms with Gasteiger partial charge in [-0.1, -0.05) is 6.92 Å². The molecular formula is C11H21NO2. The molecule has 0 aromatic carbocycles. The number of carbonyl (C=O) groups excluding carboxylic acids is 1. The molecule has 1 heterocycles. The number of carbonyl (C=O) groups is 1. The van der Waals surface area contributed by atoms with Gasteiger partial charge in [0.15, 0.2) is 0 Å². The van der Waals surface area contributed by atoms with E-state index in [4.69, 9.17) is 4.74 Å². The van der Waals surface area contributed by atoms with E-state index in [1.807, 2.05) is 6.92 Å². The van der Waals surface area contributed by atoms with E-state index in [1.165, 1.54) is 19.4 Å². The Hall–Kier alpha value is -0.570. The van der Waals surface area contributed by atoms with Crippen molar-refractivity contribution in [2.24, 2.45) is 5.92 Å². The van der Waals surface area contributed by atoms with Gasteiger partial charge in [-0.3, -0.25) is 4.79 Å². The topological polar surface area (TPSA) is 29.5 Å². The first kappa shape index (κ1) is 11.5. The van der Waals surface area contributed by atoms with E-state index in [1.54, 1.807) is 0 Å². The number of piperidine rings is 1. The maximum Gasteiger partial charge on any atom is 0.306 e. The summed E-state index contributed by atoms with van der Waals surface area (Å²) in [6.07, 6.45) is 3.00. The average molecular weight is 199 g/mol. The number of hydrogen-bond donors (Lipinski definition) is 0. The Balaban J connectivity index is 2.26. The second kappa shape index (κ2) is 6.02. The van der Waals surface area contributed by atoms with Gasteiger partial charge in [0.1, 0.15) is 0 Å². The molecule has 82 valence electrons. The second-order valence-corrected chi connectivity index (χ2v) is 3.91. The summed E-state index contributed by atoms with van der Waals surface area (Å²) in [7, 11) is 0. The van der Waals surface area contributed by atoms with Crippen LogP contribution in [0.3, 0.4) is 0 Å². The summed E-state index contributed by atoms with van der Waals surface area (Å²) in [6, 6.07) is 0. The zero-order chi connectivity index (χ0) is 10.4. The van der Waals surface area contributed by atoms with Crippen LogP contribution in [0.25, 0.3) is 0 Å². The maximum atomic E-state index is 11.3. The number of ether oxygens (including phenoxy) is 1. The Morgan fingerprint density at radius 1 is 1.50 bits per heavy atom. The van der Waals surface area contributed by atoms with Crippen molar-refractivity contribution in [1.29, 1.82) is 0 Å². The van der Waals surface area contributed by atoms with Crippen LogP contribution in [0.4, 0.5) is 0 Å². The van der Waals surface area contributed by atoms with Gasteiger partial charge in [0.05, 0.1) is 6.61 Å². The van der Waals surface area contributed by atoms with E-state index in [0.29, 0.717) is 18.9 Å².